The topological polar surface area (TPSA) is 124 Å². The first-order chi connectivity index (χ1) is 22.5. The number of hydrogen-bond donors (Lipinski definition) is 3. The predicted molar refractivity (Wildman–Crippen MR) is 172 cm³/mol. The van der Waals surface area contributed by atoms with Crippen molar-refractivity contribution in [3.63, 3.8) is 0 Å². The Bertz CT molecular complexity index is 1460. The van der Waals surface area contributed by atoms with Crippen LogP contribution in [-0.2, 0) is 34.0 Å². The number of aromatic carboxylic acids is 2. The van der Waals surface area contributed by atoms with E-state index in [2.05, 4.69) is 5.32 Å². The Balaban J connectivity index is 1.21. The summed E-state index contributed by atoms with van der Waals surface area (Å²) in [5.41, 5.74) is 4.41. The lowest BCUT2D eigenvalue weighted by molar-refractivity contribution is -0.0650. The molecule has 0 saturated carbocycles. The second-order valence-electron chi connectivity index (χ2n) is 11.2. The van der Waals surface area contributed by atoms with Gasteiger partial charge in [-0.2, -0.15) is 0 Å². The highest BCUT2D eigenvalue weighted by Gasteiger charge is 2.36. The Labute approximate surface area is 268 Å². The number of carbonyl (C=O) groups is 2. The van der Waals surface area contributed by atoms with Gasteiger partial charge in [-0.15, -0.1) is 0 Å². The molecule has 1 aliphatic rings. The van der Waals surface area contributed by atoms with Gasteiger partial charge >= 0.3 is 11.9 Å². The molecule has 1 heterocycles. The maximum absolute atomic E-state index is 11.2. The van der Waals surface area contributed by atoms with E-state index in [4.69, 9.17) is 18.9 Å². The number of rotatable bonds is 16. The summed E-state index contributed by atoms with van der Waals surface area (Å²) in [6.07, 6.45) is 0.330. The largest absolute Gasteiger partial charge is 0.494 e. The van der Waals surface area contributed by atoms with Gasteiger partial charge in [0, 0.05) is 25.4 Å². The molecule has 1 unspecified atom stereocenters. The van der Waals surface area contributed by atoms with Crippen molar-refractivity contribution in [2.45, 2.75) is 44.4 Å². The van der Waals surface area contributed by atoms with Gasteiger partial charge in [-0.1, -0.05) is 66.7 Å². The van der Waals surface area contributed by atoms with Gasteiger partial charge in [0.05, 0.1) is 56.4 Å². The molecule has 4 aromatic carbocycles. The molecular weight excluding hydrogens is 586 g/mol. The van der Waals surface area contributed by atoms with E-state index in [0.29, 0.717) is 46.1 Å². The van der Waals surface area contributed by atoms with E-state index in [1.807, 2.05) is 54.6 Å². The number of ether oxygens (including phenoxy) is 4. The van der Waals surface area contributed by atoms with Crippen LogP contribution in [0.1, 0.15) is 55.3 Å². The summed E-state index contributed by atoms with van der Waals surface area (Å²) in [6, 6.07) is 31.5. The lowest BCUT2D eigenvalue weighted by atomic mass is 9.85. The zero-order valence-corrected chi connectivity index (χ0v) is 25.5. The van der Waals surface area contributed by atoms with Gasteiger partial charge in [0.25, 0.3) is 0 Å². The molecule has 1 fully saturated rings. The molecule has 3 atom stereocenters. The van der Waals surface area contributed by atoms with Gasteiger partial charge in [0.1, 0.15) is 5.75 Å². The average molecular weight is 626 g/mol. The van der Waals surface area contributed by atoms with Crippen LogP contribution in [-0.4, -0.2) is 60.7 Å². The second-order valence-corrected chi connectivity index (χ2v) is 11.2. The van der Waals surface area contributed by atoms with Crippen LogP contribution in [0, 0.1) is 0 Å². The molecule has 4 aromatic rings. The van der Waals surface area contributed by atoms with E-state index in [1.54, 1.807) is 48.5 Å². The second kappa shape index (κ2) is 16.7. The molecule has 0 radical (unpaired) electrons. The number of carboxylic acids is 2. The predicted octanol–water partition coefficient (Wildman–Crippen LogP) is 5.93. The van der Waals surface area contributed by atoms with Crippen molar-refractivity contribution in [2.24, 2.45) is 0 Å². The van der Waals surface area contributed by atoms with Crippen LogP contribution in [0.15, 0.2) is 103 Å². The maximum atomic E-state index is 11.2. The van der Waals surface area contributed by atoms with Crippen LogP contribution in [0.2, 0.25) is 0 Å². The van der Waals surface area contributed by atoms with E-state index in [9.17, 15) is 19.8 Å². The molecule has 46 heavy (non-hydrogen) atoms. The molecule has 240 valence electrons. The van der Waals surface area contributed by atoms with E-state index in [0.717, 1.165) is 34.4 Å². The summed E-state index contributed by atoms with van der Waals surface area (Å²) in [5.74, 6) is -1.26. The van der Waals surface area contributed by atoms with Gasteiger partial charge in [-0.3, -0.25) is 0 Å². The van der Waals surface area contributed by atoms with Crippen LogP contribution in [0.25, 0.3) is 0 Å². The summed E-state index contributed by atoms with van der Waals surface area (Å²) >= 11 is 0. The molecule has 1 saturated heterocycles. The molecule has 0 bridgehead atoms. The maximum Gasteiger partial charge on any atom is 0.335 e. The van der Waals surface area contributed by atoms with Crippen molar-refractivity contribution in [2.75, 3.05) is 26.3 Å². The molecule has 5 rings (SSSR count). The van der Waals surface area contributed by atoms with Crippen LogP contribution in [0.3, 0.4) is 0 Å². The first kappa shape index (κ1) is 32.8. The molecule has 0 aromatic heterocycles. The zero-order valence-electron chi connectivity index (χ0n) is 25.5. The van der Waals surface area contributed by atoms with Gasteiger partial charge in [0.15, 0.2) is 0 Å². The third-order valence-corrected chi connectivity index (χ3v) is 7.90. The molecule has 0 aliphatic carbocycles. The quantitative estimate of drug-likeness (QED) is 0.130. The lowest BCUT2D eigenvalue weighted by Crippen LogP contribution is -2.50. The van der Waals surface area contributed by atoms with Crippen molar-refractivity contribution >= 4 is 11.9 Å². The summed E-state index contributed by atoms with van der Waals surface area (Å²) in [5, 5.41) is 21.9. The monoisotopic (exact) mass is 625 g/mol. The minimum atomic E-state index is -0.967. The molecule has 9 nitrogen and oxygen atoms in total. The summed E-state index contributed by atoms with van der Waals surface area (Å²) in [6.45, 7) is 3.61. The first-order valence-electron chi connectivity index (χ1n) is 15.4. The highest BCUT2D eigenvalue weighted by Crippen LogP contribution is 2.32. The smallest absolute Gasteiger partial charge is 0.335 e. The fourth-order valence-electron chi connectivity index (χ4n) is 5.41. The normalized spacial score (nSPS) is 17.8. The third-order valence-electron chi connectivity index (χ3n) is 7.90. The van der Waals surface area contributed by atoms with Crippen molar-refractivity contribution in [3.05, 3.63) is 137 Å². The van der Waals surface area contributed by atoms with E-state index < -0.39 is 11.9 Å². The average Bonchev–Trinajstić information content (AvgIpc) is 3.09. The highest BCUT2D eigenvalue weighted by molar-refractivity contribution is 5.87. The van der Waals surface area contributed by atoms with Crippen LogP contribution < -0.4 is 10.1 Å². The number of hydrogen-bond acceptors (Lipinski definition) is 7. The van der Waals surface area contributed by atoms with Crippen molar-refractivity contribution in [3.8, 4) is 5.75 Å². The molecule has 9 heteroatoms. The number of benzene rings is 4. The minimum Gasteiger partial charge on any atom is -0.494 e. The van der Waals surface area contributed by atoms with Gasteiger partial charge in [0.2, 0.25) is 0 Å². The van der Waals surface area contributed by atoms with Gasteiger partial charge in [-0.25, -0.2) is 9.59 Å². The van der Waals surface area contributed by atoms with Crippen molar-refractivity contribution in [1.82, 2.24) is 5.32 Å². The molecule has 1 aliphatic heterocycles. The van der Waals surface area contributed by atoms with E-state index in [-0.39, 0.29) is 29.3 Å². The fourth-order valence-corrected chi connectivity index (χ4v) is 5.41. The Hall–Kier alpha value is -4.54. The Morgan fingerprint density at radius 3 is 1.67 bits per heavy atom. The Kier molecular flexibility index (Phi) is 11.9. The lowest BCUT2D eigenvalue weighted by Gasteiger charge is -2.39. The standard InChI is InChI=1S/C37H39NO8/c39-36(40)30-11-7-27(8-12-30)24-45-33-21-38-22-34(46-25-28-9-13-31(14-10-28)37(41)42)35(33)29-15-17-32(18-16-29)44-20-4-19-43-23-26-5-2-1-3-6-26/h1-3,5-18,33-35,38H,4,19-25H2,(H,39,40)(H,41,42)/t33-,34+,35?. The van der Waals surface area contributed by atoms with Crippen molar-refractivity contribution in [1.29, 1.82) is 0 Å². The number of piperidine rings is 1. The molecule has 3 N–H and O–H groups in total. The summed E-state index contributed by atoms with van der Waals surface area (Å²) in [7, 11) is 0. The zero-order chi connectivity index (χ0) is 32.1. The number of carboxylic acid groups (broad SMARTS) is 2. The summed E-state index contributed by atoms with van der Waals surface area (Å²) < 4.78 is 24.6. The molecule has 0 amide bonds. The fraction of sp³-hybridized carbons (Fsp3) is 0.297. The van der Waals surface area contributed by atoms with Gasteiger partial charge in [-0.05, 0) is 58.7 Å². The van der Waals surface area contributed by atoms with Crippen LogP contribution in [0.5, 0.6) is 5.75 Å². The van der Waals surface area contributed by atoms with Crippen LogP contribution in [0.4, 0.5) is 0 Å². The molecular formula is C37H39NO8. The highest BCUT2D eigenvalue weighted by atomic mass is 16.5. The van der Waals surface area contributed by atoms with Crippen molar-refractivity contribution < 1.29 is 38.7 Å². The first-order valence-corrected chi connectivity index (χ1v) is 15.4. The van der Waals surface area contributed by atoms with E-state index >= 15 is 0 Å². The molecule has 0 spiro atoms. The Morgan fingerprint density at radius 1 is 0.630 bits per heavy atom. The third kappa shape index (κ3) is 9.48. The summed E-state index contributed by atoms with van der Waals surface area (Å²) in [4.78, 5) is 22.5. The Morgan fingerprint density at radius 2 is 1.15 bits per heavy atom. The van der Waals surface area contributed by atoms with Gasteiger partial charge < -0.3 is 34.5 Å². The van der Waals surface area contributed by atoms with E-state index in [1.165, 1.54) is 0 Å². The SMILES string of the molecule is O=C(O)c1ccc(CO[C@H]2CNC[C@@H](OCc3ccc(C(=O)O)cc3)C2c2ccc(OCCCOCc3ccccc3)cc2)cc1. The van der Waals surface area contributed by atoms with Crippen LogP contribution >= 0.6 is 0 Å². The number of nitrogens with one attached hydrogen (secondary N) is 1. The minimum absolute atomic E-state index is 0.0988.